The molecular formula is C26H25FN6O2. The van der Waals surface area contributed by atoms with E-state index in [9.17, 15) is 4.39 Å². The number of benzene rings is 3. The largest absolute Gasteiger partial charge is 0.454 e. The second-order valence-electron chi connectivity index (χ2n) is 8.67. The highest BCUT2D eigenvalue weighted by Crippen LogP contribution is 2.34. The molecule has 1 saturated heterocycles. The molecule has 9 heteroatoms. The molecule has 2 aliphatic rings. The number of fused-ring (bicyclic) bond motifs is 1. The van der Waals surface area contributed by atoms with Crippen molar-refractivity contribution in [3.63, 3.8) is 0 Å². The zero-order valence-electron chi connectivity index (χ0n) is 19.1. The highest BCUT2D eigenvalue weighted by Gasteiger charge is 2.31. The van der Waals surface area contributed by atoms with Gasteiger partial charge in [0.15, 0.2) is 17.3 Å². The normalized spacial score (nSPS) is 16.4. The summed E-state index contributed by atoms with van der Waals surface area (Å²) in [5, 5.41) is 12.8. The number of ether oxygens (including phenoxy) is 2. The SMILES string of the molecule is Fc1ccccc1N1CCN(C(c2ccccc2)c2nnnn2Cc2ccc3c(c2)OCO3)CC1. The topological polar surface area (TPSA) is 68.5 Å². The van der Waals surface area contributed by atoms with E-state index in [1.54, 1.807) is 6.07 Å². The molecule has 0 amide bonds. The predicted octanol–water partition coefficient (Wildman–Crippen LogP) is 3.50. The zero-order valence-corrected chi connectivity index (χ0v) is 19.1. The van der Waals surface area contributed by atoms with Crippen LogP contribution in [0.2, 0.25) is 0 Å². The number of nitrogens with zero attached hydrogens (tertiary/aromatic N) is 6. The summed E-state index contributed by atoms with van der Waals surface area (Å²) >= 11 is 0. The molecule has 8 nitrogen and oxygen atoms in total. The summed E-state index contributed by atoms with van der Waals surface area (Å²) in [6.45, 7) is 3.69. The number of aromatic nitrogens is 4. The summed E-state index contributed by atoms with van der Waals surface area (Å²) in [5.41, 5.74) is 2.80. The van der Waals surface area contributed by atoms with E-state index in [2.05, 4.69) is 37.5 Å². The average Bonchev–Trinajstić information content (AvgIpc) is 3.55. The molecule has 1 atom stereocenters. The smallest absolute Gasteiger partial charge is 0.231 e. The molecule has 1 aromatic heterocycles. The Kier molecular flexibility index (Phi) is 5.75. The van der Waals surface area contributed by atoms with E-state index in [1.165, 1.54) is 6.07 Å². The molecule has 0 N–H and O–H groups in total. The van der Waals surface area contributed by atoms with Crippen molar-refractivity contribution in [2.45, 2.75) is 12.6 Å². The van der Waals surface area contributed by atoms with Crippen molar-refractivity contribution in [2.75, 3.05) is 37.9 Å². The number of rotatable bonds is 6. The molecule has 0 bridgehead atoms. The van der Waals surface area contributed by atoms with Crippen LogP contribution in [0, 0.1) is 5.82 Å². The van der Waals surface area contributed by atoms with Gasteiger partial charge in [0.2, 0.25) is 6.79 Å². The Hall–Kier alpha value is -3.98. The third-order valence-electron chi connectivity index (χ3n) is 6.56. The highest BCUT2D eigenvalue weighted by atomic mass is 19.1. The van der Waals surface area contributed by atoms with Gasteiger partial charge in [-0.25, -0.2) is 9.07 Å². The molecular weight excluding hydrogens is 447 g/mol. The lowest BCUT2D eigenvalue weighted by Gasteiger charge is -2.40. The van der Waals surface area contributed by atoms with Crippen LogP contribution in [0.1, 0.15) is 23.0 Å². The minimum atomic E-state index is -0.187. The van der Waals surface area contributed by atoms with Gasteiger partial charge in [-0.05, 0) is 45.8 Å². The number of hydrogen-bond donors (Lipinski definition) is 0. The lowest BCUT2D eigenvalue weighted by molar-refractivity contribution is 0.174. The number of tetrazole rings is 1. The second-order valence-corrected chi connectivity index (χ2v) is 8.67. The van der Waals surface area contributed by atoms with Crippen LogP contribution in [-0.2, 0) is 6.54 Å². The van der Waals surface area contributed by atoms with Gasteiger partial charge in [0.25, 0.3) is 0 Å². The van der Waals surface area contributed by atoms with E-state index in [0.717, 1.165) is 41.5 Å². The van der Waals surface area contributed by atoms with Crippen LogP contribution >= 0.6 is 0 Å². The lowest BCUT2D eigenvalue weighted by atomic mass is 10.0. The van der Waals surface area contributed by atoms with Gasteiger partial charge in [-0.3, -0.25) is 4.90 Å². The van der Waals surface area contributed by atoms with Crippen molar-refractivity contribution < 1.29 is 13.9 Å². The summed E-state index contributed by atoms with van der Waals surface area (Å²) in [6, 6.07) is 23.0. The molecule has 3 heterocycles. The lowest BCUT2D eigenvalue weighted by Crippen LogP contribution is -2.48. The van der Waals surface area contributed by atoms with Gasteiger partial charge in [-0.2, -0.15) is 0 Å². The minimum Gasteiger partial charge on any atom is -0.454 e. The Bertz CT molecular complexity index is 1310. The second kappa shape index (κ2) is 9.34. The Morgan fingerprint density at radius 1 is 0.857 bits per heavy atom. The number of anilines is 1. The molecule has 35 heavy (non-hydrogen) atoms. The van der Waals surface area contributed by atoms with Gasteiger partial charge < -0.3 is 14.4 Å². The van der Waals surface area contributed by atoms with E-state index in [1.807, 2.05) is 53.2 Å². The fourth-order valence-corrected chi connectivity index (χ4v) is 4.82. The van der Waals surface area contributed by atoms with Crippen molar-refractivity contribution >= 4 is 5.69 Å². The first-order valence-electron chi connectivity index (χ1n) is 11.7. The van der Waals surface area contributed by atoms with E-state index < -0.39 is 0 Å². The Morgan fingerprint density at radius 2 is 1.63 bits per heavy atom. The minimum absolute atomic E-state index is 0.122. The maximum absolute atomic E-state index is 14.4. The summed E-state index contributed by atoms with van der Waals surface area (Å²) in [7, 11) is 0. The number of halogens is 1. The molecule has 6 rings (SSSR count). The van der Waals surface area contributed by atoms with Crippen LogP contribution in [-0.4, -0.2) is 58.1 Å². The van der Waals surface area contributed by atoms with Crippen molar-refractivity contribution in [3.8, 4) is 11.5 Å². The van der Waals surface area contributed by atoms with Crippen LogP contribution in [0.25, 0.3) is 0 Å². The quantitative estimate of drug-likeness (QED) is 0.426. The average molecular weight is 473 g/mol. The molecule has 4 aromatic rings. The summed E-state index contributed by atoms with van der Waals surface area (Å²) < 4.78 is 27.2. The van der Waals surface area contributed by atoms with Gasteiger partial charge in [0.05, 0.1) is 18.3 Å². The van der Waals surface area contributed by atoms with Crippen molar-refractivity contribution in [2.24, 2.45) is 0 Å². The van der Waals surface area contributed by atoms with Crippen molar-refractivity contribution in [3.05, 3.63) is 95.6 Å². The number of para-hydroxylation sites is 1. The first kappa shape index (κ1) is 21.5. The van der Waals surface area contributed by atoms with Gasteiger partial charge in [-0.15, -0.1) is 5.10 Å². The van der Waals surface area contributed by atoms with E-state index in [-0.39, 0.29) is 18.7 Å². The van der Waals surface area contributed by atoms with Gasteiger partial charge in [0.1, 0.15) is 5.82 Å². The van der Waals surface area contributed by atoms with Crippen molar-refractivity contribution in [1.29, 1.82) is 0 Å². The molecule has 0 aliphatic carbocycles. The maximum Gasteiger partial charge on any atom is 0.231 e. The molecule has 0 spiro atoms. The fourth-order valence-electron chi connectivity index (χ4n) is 4.82. The number of piperazine rings is 1. The van der Waals surface area contributed by atoms with E-state index >= 15 is 0 Å². The van der Waals surface area contributed by atoms with Gasteiger partial charge in [-0.1, -0.05) is 48.5 Å². The van der Waals surface area contributed by atoms with Gasteiger partial charge in [0, 0.05) is 26.2 Å². The van der Waals surface area contributed by atoms with Crippen LogP contribution in [0.3, 0.4) is 0 Å². The Morgan fingerprint density at radius 3 is 2.46 bits per heavy atom. The summed E-state index contributed by atoms with van der Waals surface area (Å²) in [4.78, 5) is 4.47. The first-order chi connectivity index (χ1) is 17.3. The molecule has 3 aromatic carbocycles. The van der Waals surface area contributed by atoms with E-state index in [0.29, 0.717) is 25.3 Å². The predicted molar refractivity (Wildman–Crippen MR) is 128 cm³/mol. The Labute approximate surface area is 202 Å². The van der Waals surface area contributed by atoms with Crippen LogP contribution in [0.15, 0.2) is 72.8 Å². The first-order valence-corrected chi connectivity index (χ1v) is 11.7. The maximum atomic E-state index is 14.4. The van der Waals surface area contributed by atoms with Crippen molar-refractivity contribution in [1.82, 2.24) is 25.1 Å². The monoisotopic (exact) mass is 472 g/mol. The number of hydrogen-bond acceptors (Lipinski definition) is 7. The molecule has 2 aliphatic heterocycles. The van der Waals surface area contributed by atoms with Crippen LogP contribution < -0.4 is 14.4 Å². The fraction of sp³-hybridized carbons (Fsp3) is 0.269. The molecule has 1 fully saturated rings. The molecule has 0 radical (unpaired) electrons. The molecule has 178 valence electrons. The zero-order chi connectivity index (χ0) is 23.6. The summed E-state index contributed by atoms with van der Waals surface area (Å²) in [6.07, 6.45) is 0. The van der Waals surface area contributed by atoms with Crippen LogP contribution in [0.5, 0.6) is 11.5 Å². The molecule has 0 saturated carbocycles. The van der Waals surface area contributed by atoms with E-state index in [4.69, 9.17) is 9.47 Å². The standard InChI is InChI=1S/C26H25FN6O2/c27-21-8-4-5-9-22(21)31-12-14-32(15-13-31)25(20-6-2-1-3-7-20)26-28-29-30-33(26)17-19-10-11-23-24(16-19)35-18-34-23/h1-11,16,25H,12-15,17-18H2. The molecule has 1 unspecified atom stereocenters. The highest BCUT2D eigenvalue weighted by molar-refractivity contribution is 5.48. The van der Waals surface area contributed by atoms with Crippen LogP contribution in [0.4, 0.5) is 10.1 Å². The third-order valence-corrected chi connectivity index (χ3v) is 6.56. The van der Waals surface area contributed by atoms with Gasteiger partial charge >= 0.3 is 0 Å². The summed E-state index contributed by atoms with van der Waals surface area (Å²) in [5.74, 6) is 2.07. The Balaban J connectivity index is 1.27. The third kappa shape index (κ3) is 4.30.